The molecule has 2 aliphatic heterocycles. The fraction of sp³-hybridized carbons (Fsp3) is 0.385. The molecule has 98 valence electrons. The van der Waals surface area contributed by atoms with Crippen LogP contribution in [0.3, 0.4) is 0 Å². The first-order valence-corrected chi connectivity index (χ1v) is 6.12. The Morgan fingerprint density at radius 2 is 1.79 bits per heavy atom. The second-order valence-corrected chi connectivity index (χ2v) is 4.90. The fourth-order valence-corrected chi connectivity index (χ4v) is 2.11. The van der Waals surface area contributed by atoms with Crippen LogP contribution < -0.4 is 0 Å². The molecule has 2 heterocycles. The molecule has 1 aromatic rings. The SMILES string of the molecule is O=C(CCC(=O)N1CC2(C1)N=N2)c1ccc(O)cc1. The van der Waals surface area contributed by atoms with Crippen LogP contribution in [0.1, 0.15) is 23.2 Å². The molecule has 0 saturated carbocycles. The zero-order valence-electron chi connectivity index (χ0n) is 10.2. The molecule has 6 nitrogen and oxygen atoms in total. The standard InChI is InChI=1S/C13H13N3O3/c17-10-3-1-9(2-4-10)11(18)5-6-12(19)16-7-13(8-16)14-15-13/h1-4,17H,5-8H2. The first-order valence-electron chi connectivity index (χ1n) is 6.12. The Bertz CT molecular complexity index is 551. The predicted octanol–water partition coefficient (Wildman–Crippen LogP) is 1.36. The van der Waals surface area contributed by atoms with Gasteiger partial charge in [-0.1, -0.05) is 0 Å². The number of phenolic OH excluding ortho intramolecular Hbond substituents is 1. The number of phenols is 1. The van der Waals surface area contributed by atoms with Crippen molar-refractivity contribution < 1.29 is 14.7 Å². The normalized spacial score (nSPS) is 18.2. The van der Waals surface area contributed by atoms with Crippen molar-refractivity contribution in [2.45, 2.75) is 18.5 Å². The van der Waals surface area contributed by atoms with Gasteiger partial charge in [0.2, 0.25) is 11.6 Å². The Morgan fingerprint density at radius 1 is 1.16 bits per heavy atom. The van der Waals surface area contributed by atoms with Crippen LogP contribution in [0.25, 0.3) is 0 Å². The lowest BCUT2D eigenvalue weighted by molar-refractivity contribution is -0.136. The van der Waals surface area contributed by atoms with Crippen molar-refractivity contribution in [3.63, 3.8) is 0 Å². The number of benzene rings is 1. The van der Waals surface area contributed by atoms with Crippen molar-refractivity contribution in [2.24, 2.45) is 10.2 Å². The minimum atomic E-state index is -0.281. The van der Waals surface area contributed by atoms with Crippen LogP contribution in [0.5, 0.6) is 5.75 Å². The molecule has 0 bridgehead atoms. The summed E-state index contributed by atoms with van der Waals surface area (Å²) < 4.78 is 0. The Balaban J connectivity index is 1.47. The van der Waals surface area contributed by atoms with Crippen molar-refractivity contribution >= 4 is 11.7 Å². The van der Waals surface area contributed by atoms with Gasteiger partial charge in [0, 0.05) is 18.4 Å². The Morgan fingerprint density at radius 3 is 2.37 bits per heavy atom. The maximum absolute atomic E-state index is 11.8. The number of hydrogen-bond donors (Lipinski definition) is 1. The number of carbonyl (C=O) groups is 2. The van der Waals surface area contributed by atoms with Gasteiger partial charge in [0.05, 0.1) is 13.1 Å². The molecule has 1 N–H and O–H groups in total. The van der Waals surface area contributed by atoms with Crippen LogP contribution in [0.2, 0.25) is 0 Å². The number of rotatable bonds is 4. The topological polar surface area (TPSA) is 82.3 Å². The third-order valence-corrected chi connectivity index (χ3v) is 3.38. The van der Waals surface area contributed by atoms with E-state index >= 15 is 0 Å². The van der Waals surface area contributed by atoms with Crippen LogP contribution in [0, 0.1) is 0 Å². The number of likely N-dealkylation sites (tertiary alicyclic amines) is 1. The van der Waals surface area contributed by atoms with Crippen LogP contribution in [0.4, 0.5) is 0 Å². The summed E-state index contributed by atoms with van der Waals surface area (Å²) in [7, 11) is 0. The zero-order chi connectivity index (χ0) is 13.5. The van der Waals surface area contributed by atoms with E-state index in [4.69, 9.17) is 5.11 Å². The van der Waals surface area contributed by atoms with Gasteiger partial charge in [-0.3, -0.25) is 9.59 Å². The van der Waals surface area contributed by atoms with Gasteiger partial charge in [0.15, 0.2) is 5.78 Å². The summed E-state index contributed by atoms with van der Waals surface area (Å²) in [5, 5.41) is 16.9. The van der Waals surface area contributed by atoms with Gasteiger partial charge in [0.1, 0.15) is 5.75 Å². The highest BCUT2D eigenvalue weighted by Gasteiger charge is 2.53. The lowest BCUT2D eigenvalue weighted by Crippen LogP contribution is -2.56. The second-order valence-electron chi connectivity index (χ2n) is 4.90. The van der Waals surface area contributed by atoms with E-state index in [-0.39, 0.29) is 35.9 Å². The highest BCUT2D eigenvalue weighted by atomic mass is 16.3. The van der Waals surface area contributed by atoms with E-state index in [2.05, 4.69) is 10.2 Å². The zero-order valence-corrected chi connectivity index (χ0v) is 10.2. The number of carbonyl (C=O) groups excluding carboxylic acids is 2. The average molecular weight is 259 g/mol. The lowest BCUT2D eigenvalue weighted by Gasteiger charge is -2.35. The molecule has 19 heavy (non-hydrogen) atoms. The van der Waals surface area contributed by atoms with Gasteiger partial charge in [-0.2, -0.15) is 10.2 Å². The molecule has 1 saturated heterocycles. The van der Waals surface area contributed by atoms with E-state index < -0.39 is 0 Å². The van der Waals surface area contributed by atoms with Crippen molar-refractivity contribution in [3.8, 4) is 5.75 Å². The third-order valence-electron chi connectivity index (χ3n) is 3.38. The maximum atomic E-state index is 11.8. The van der Waals surface area contributed by atoms with E-state index in [0.717, 1.165) is 0 Å². The van der Waals surface area contributed by atoms with Crippen LogP contribution in [-0.2, 0) is 4.79 Å². The number of Topliss-reactive ketones (excluding diaryl/α,β-unsaturated/α-hetero) is 1. The third kappa shape index (κ3) is 2.33. The first-order chi connectivity index (χ1) is 9.08. The molecule has 1 fully saturated rings. The van der Waals surface area contributed by atoms with Gasteiger partial charge >= 0.3 is 0 Å². The molecule has 0 aliphatic carbocycles. The maximum Gasteiger partial charge on any atom is 0.225 e. The van der Waals surface area contributed by atoms with Gasteiger partial charge in [-0.15, -0.1) is 0 Å². The molecule has 1 aromatic carbocycles. The largest absolute Gasteiger partial charge is 0.508 e. The van der Waals surface area contributed by atoms with Gasteiger partial charge in [0.25, 0.3) is 0 Å². The number of ketones is 1. The number of aromatic hydroxyl groups is 1. The predicted molar refractivity (Wildman–Crippen MR) is 65.8 cm³/mol. The number of nitrogens with zero attached hydrogens (tertiary/aromatic N) is 3. The minimum Gasteiger partial charge on any atom is -0.508 e. The van der Waals surface area contributed by atoms with Gasteiger partial charge < -0.3 is 10.0 Å². The summed E-state index contributed by atoms with van der Waals surface area (Å²) in [5.41, 5.74) is 0.231. The van der Waals surface area contributed by atoms with Gasteiger partial charge in [-0.05, 0) is 24.3 Å². The van der Waals surface area contributed by atoms with Crippen molar-refractivity contribution in [2.75, 3.05) is 13.1 Å². The number of hydrogen-bond acceptors (Lipinski definition) is 5. The van der Waals surface area contributed by atoms with E-state index in [1.807, 2.05) is 0 Å². The molecule has 0 aromatic heterocycles. The Kier molecular flexibility index (Phi) is 2.58. The van der Waals surface area contributed by atoms with Gasteiger partial charge in [-0.25, -0.2) is 0 Å². The Hall–Kier alpha value is -2.24. The van der Waals surface area contributed by atoms with Crippen LogP contribution >= 0.6 is 0 Å². The summed E-state index contributed by atoms with van der Waals surface area (Å²) >= 11 is 0. The molecular weight excluding hydrogens is 246 g/mol. The fourth-order valence-electron chi connectivity index (χ4n) is 2.11. The Labute approximate surface area is 109 Å². The summed E-state index contributed by atoms with van der Waals surface area (Å²) in [6.45, 7) is 1.11. The van der Waals surface area contributed by atoms with Crippen molar-refractivity contribution in [1.82, 2.24) is 4.90 Å². The highest BCUT2D eigenvalue weighted by Crippen LogP contribution is 2.37. The van der Waals surface area contributed by atoms with Crippen LogP contribution in [-0.4, -0.2) is 40.4 Å². The molecule has 2 aliphatic rings. The molecule has 3 rings (SSSR count). The molecule has 0 atom stereocenters. The first kappa shape index (κ1) is 11.8. The quantitative estimate of drug-likeness (QED) is 0.829. The molecular formula is C13H13N3O3. The molecule has 6 heteroatoms. The van der Waals surface area contributed by atoms with Crippen molar-refractivity contribution in [3.05, 3.63) is 29.8 Å². The lowest BCUT2D eigenvalue weighted by atomic mass is 10.0. The monoisotopic (exact) mass is 259 g/mol. The van der Waals surface area contributed by atoms with E-state index in [1.165, 1.54) is 12.1 Å². The number of amides is 1. The van der Waals surface area contributed by atoms with E-state index in [9.17, 15) is 9.59 Å². The van der Waals surface area contributed by atoms with Crippen molar-refractivity contribution in [1.29, 1.82) is 0 Å². The molecule has 0 unspecified atom stereocenters. The van der Waals surface area contributed by atoms with E-state index in [0.29, 0.717) is 18.7 Å². The summed E-state index contributed by atoms with van der Waals surface area (Å²) in [4.78, 5) is 25.3. The summed E-state index contributed by atoms with van der Waals surface area (Å²) in [5.74, 6) is -0.00475. The smallest absolute Gasteiger partial charge is 0.225 e. The highest BCUT2D eigenvalue weighted by molar-refractivity contribution is 5.98. The molecule has 1 spiro atoms. The minimum absolute atomic E-state index is 0.0324. The van der Waals surface area contributed by atoms with E-state index in [1.54, 1.807) is 17.0 Å². The second kappa shape index (κ2) is 4.15. The molecule has 1 amide bonds. The average Bonchev–Trinajstić information content (AvgIpc) is 3.15. The molecule has 0 radical (unpaired) electrons. The van der Waals surface area contributed by atoms with Crippen LogP contribution in [0.15, 0.2) is 34.5 Å². The summed E-state index contributed by atoms with van der Waals surface area (Å²) in [6, 6.07) is 6.04. The summed E-state index contributed by atoms with van der Waals surface area (Å²) in [6.07, 6.45) is 0.386.